The minimum absolute atomic E-state index is 0.113. The summed E-state index contributed by atoms with van der Waals surface area (Å²) in [5.41, 5.74) is 0. The number of sulfonamides is 1. The van der Waals surface area contributed by atoms with E-state index in [1.807, 2.05) is 0 Å². The van der Waals surface area contributed by atoms with Gasteiger partial charge in [-0.3, -0.25) is 9.59 Å². The predicted octanol–water partition coefficient (Wildman–Crippen LogP) is 2.38. The van der Waals surface area contributed by atoms with Gasteiger partial charge >= 0.3 is 12.1 Å². The van der Waals surface area contributed by atoms with Crippen LogP contribution in [0.3, 0.4) is 0 Å². The number of carbonyl (C=O) groups is 2. The molecule has 1 saturated heterocycles. The van der Waals surface area contributed by atoms with E-state index >= 15 is 0 Å². The Kier molecular flexibility index (Phi) is 6.53. The molecule has 1 heterocycles. The van der Waals surface area contributed by atoms with Gasteiger partial charge in [0.05, 0.1) is 4.90 Å². The quantitative estimate of drug-likeness (QED) is 0.625. The van der Waals surface area contributed by atoms with Crippen molar-refractivity contribution in [2.75, 3.05) is 19.6 Å². The Morgan fingerprint density at radius 1 is 1.16 bits per heavy atom. The number of alkyl halides is 3. The summed E-state index contributed by atoms with van der Waals surface area (Å²) in [5.74, 6) is -2.86. The molecule has 0 saturated carbocycles. The molecule has 1 fully saturated rings. The highest BCUT2D eigenvalue weighted by atomic mass is 32.2. The number of amides is 1. The molecular formula is C19H19F3N2O5S2. The second-order valence-corrected chi connectivity index (χ2v) is 9.81. The Hall–Kier alpha value is -2.31. The Bertz CT molecular complexity index is 1110. The van der Waals surface area contributed by atoms with Crippen LogP contribution in [-0.4, -0.2) is 71.7 Å². The van der Waals surface area contributed by atoms with E-state index in [1.165, 1.54) is 12.1 Å². The largest absolute Gasteiger partial charge is 0.480 e. The third-order valence-corrected chi connectivity index (χ3v) is 7.10. The molecule has 2 unspecified atom stereocenters. The van der Waals surface area contributed by atoms with Crippen LogP contribution in [0.4, 0.5) is 13.2 Å². The van der Waals surface area contributed by atoms with Crippen LogP contribution in [0.1, 0.15) is 6.42 Å². The Morgan fingerprint density at radius 3 is 2.42 bits per heavy atom. The van der Waals surface area contributed by atoms with Crippen molar-refractivity contribution in [3.8, 4) is 0 Å². The molecule has 3 rings (SSSR count). The molecule has 168 valence electrons. The van der Waals surface area contributed by atoms with Crippen molar-refractivity contribution in [3.05, 3.63) is 42.5 Å². The average molecular weight is 476 g/mol. The van der Waals surface area contributed by atoms with Gasteiger partial charge in [0, 0.05) is 11.8 Å². The summed E-state index contributed by atoms with van der Waals surface area (Å²) in [6.07, 6.45) is -4.98. The van der Waals surface area contributed by atoms with Crippen LogP contribution in [0.25, 0.3) is 10.8 Å². The maximum Gasteiger partial charge on any atom is 0.406 e. The number of thiol groups is 1. The van der Waals surface area contributed by atoms with Gasteiger partial charge in [-0.15, -0.1) is 0 Å². The number of halogens is 3. The summed E-state index contributed by atoms with van der Waals surface area (Å²) in [6.45, 7) is -3.19. The van der Waals surface area contributed by atoms with Gasteiger partial charge in [0.1, 0.15) is 19.1 Å². The third kappa shape index (κ3) is 5.31. The first-order chi connectivity index (χ1) is 14.4. The Labute approximate surface area is 181 Å². The minimum Gasteiger partial charge on any atom is -0.480 e. The van der Waals surface area contributed by atoms with Crippen molar-refractivity contribution in [3.63, 3.8) is 0 Å². The van der Waals surface area contributed by atoms with Gasteiger partial charge in [0.2, 0.25) is 15.9 Å². The molecule has 0 radical (unpaired) electrons. The number of benzene rings is 2. The van der Waals surface area contributed by atoms with E-state index in [0.717, 1.165) is 9.69 Å². The molecule has 0 aromatic heterocycles. The van der Waals surface area contributed by atoms with Gasteiger partial charge in [-0.2, -0.15) is 30.1 Å². The number of carboxylic acids is 1. The molecule has 0 spiro atoms. The zero-order valence-electron chi connectivity index (χ0n) is 16.0. The summed E-state index contributed by atoms with van der Waals surface area (Å²) in [5, 5.41) is 9.75. The average Bonchev–Trinajstić information content (AvgIpc) is 3.07. The molecule has 12 heteroatoms. The van der Waals surface area contributed by atoms with Gasteiger partial charge in [0.25, 0.3) is 0 Å². The van der Waals surface area contributed by atoms with Gasteiger partial charge in [-0.05, 0) is 29.3 Å². The summed E-state index contributed by atoms with van der Waals surface area (Å²) >= 11 is 4.22. The number of hydrogen-bond acceptors (Lipinski definition) is 5. The highest BCUT2D eigenvalue weighted by Crippen LogP contribution is 2.31. The van der Waals surface area contributed by atoms with Crippen LogP contribution in [-0.2, 0) is 19.6 Å². The lowest BCUT2D eigenvalue weighted by Gasteiger charge is -2.29. The topological polar surface area (TPSA) is 95.0 Å². The van der Waals surface area contributed by atoms with Crippen molar-refractivity contribution in [1.29, 1.82) is 0 Å². The second kappa shape index (κ2) is 8.67. The number of carbonyl (C=O) groups excluding carboxylic acids is 1. The molecule has 1 aliphatic heterocycles. The molecule has 1 N–H and O–H groups in total. The number of fused-ring (bicyclic) bond motifs is 1. The van der Waals surface area contributed by atoms with Crippen LogP contribution in [0, 0.1) is 0 Å². The second-order valence-electron chi connectivity index (χ2n) is 7.19. The third-order valence-electron chi connectivity index (χ3n) is 4.85. The molecular weight excluding hydrogens is 457 g/mol. The van der Waals surface area contributed by atoms with E-state index in [1.54, 1.807) is 30.3 Å². The first kappa shape index (κ1) is 23.4. The normalized spacial score (nSPS) is 20.1. The lowest BCUT2D eigenvalue weighted by atomic mass is 10.1. The first-order valence-corrected chi connectivity index (χ1v) is 11.1. The molecule has 0 bridgehead atoms. The highest BCUT2D eigenvalue weighted by Gasteiger charge is 2.46. The molecule has 1 aliphatic rings. The van der Waals surface area contributed by atoms with Crippen LogP contribution < -0.4 is 0 Å². The Balaban J connectivity index is 1.96. The van der Waals surface area contributed by atoms with E-state index in [-0.39, 0.29) is 22.8 Å². The van der Waals surface area contributed by atoms with Crippen LogP contribution in [0.2, 0.25) is 0 Å². The lowest BCUT2D eigenvalue weighted by molar-refractivity contribution is -0.167. The van der Waals surface area contributed by atoms with Crippen molar-refractivity contribution >= 4 is 45.3 Å². The van der Waals surface area contributed by atoms with E-state index < -0.39 is 52.5 Å². The fourth-order valence-electron chi connectivity index (χ4n) is 3.54. The van der Waals surface area contributed by atoms with E-state index in [4.69, 9.17) is 5.11 Å². The van der Waals surface area contributed by atoms with Gasteiger partial charge in [-0.1, -0.05) is 30.3 Å². The smallest absolute Gasteiger partial charge is 0.406 e. The molecule has 1 amide bonds. The van der Waals surface area contributed by atoms with Gasteiger partial charge in [-0.25, -0.2) is 8.42 Å². The summed E-state index contributed by atoms with van der Waals surface area (Å²) in [6, 6.07) is 9.90. The van der Waals surface area contributed by atoms with Crippen LogP contribution in [0.15, 0.2) is 47.4 Å². The number of carboxylic acid groups (broad SMARTS) is 1. The molecule has 2 atom stereocenters. The van der Waals surface area contributed by atoms with Gasteiger partial charge < -0.3 is 10.0 Å². The predicted molar refractivity (Wildman–Crippen MR) is 109 cm³/mol. The van der Waals surface area contributed by atoms with Gasteiger partial charge in [0.15, 0.2) is 0 Å². The molecule has 2 aromatic carbocycles. The SMILES string of the molecule is O=C(O)CN(CC(F)(F)F)C(=O)C1CC(S)CN1S(=O)(=O)c1ccc2ccccc2c1. The standard InChI is InChI=1S/C19H19F3N2O5S2/c20-19(21,22)11-23(10-17(25)26)18(27)16-8-14(30)9-24(16)31(28,29)15-6-5-12-3-1-2-4-13(12)7-15/h1-7,14,16,30H,8-11H2,(H,25,26). The fraction of sp³-hybridized carbons (Fsp3) is 0.368. The minimum atomic E-state index is -4.84. The fourth-order valence-corrected chi connectivity index (χ4v) is 5.70. The van der Waals surface area contributed by atoms with Crippen LogP contribution in [0.5, 0.6) is 0 Å². The number of aliphatic carboxylic acids is 1. The maximum atomic E-state index is 13.3. The first-order valence-electron chi connectivity index (χ1n) is 9.14. The monoisotopic (exact) mass is 476 g/mol. The molecule has 7 nitrogen and oxygen atoms in total. The summed E-state index contributed by atoms with van der Waals surface area (Å²) < 4.78 is 66.0. The highest BCUT2D eigenvalue weighted by molar-refractivity contribution is 7.89. The van der Waals surface area contributed by atoms with E-state index in [9.17, 15) is 31.2 Å². The Morgan fingerprint density at radius 2 is 1.81 bits per heavy atom. The van der Waals surface area contributed by atoms with Crippen molar-refractivity contribution < 1.29 is 36.3 Å². The van der Waals surface area contributed by atoms with Crippen LogP contribution >= 0.6 is 12.6 Å². The number of nitrogens with zero attached hydrogens (tertiary/aromatic N) is 2. The maximum absolute atomic E-state index is 13.3. The lowest BCUT2D eigenvalue weighted by Crippen LogP contribution is -2.51. The van der Waals surface area contributed by atoms with Crippen molar-refractivity contribution in [1.82, 2.24) is 9.21 Å². The zero-order valence-corrected chi connectivity index (χ0v) is 17.7. The van der Waals surface area contributed by atoms with Crippen molar-refractivity contribution in [2.45, 2.75) is 28.8 Å². The number of hydrogen-bond donors (Lipinski definition) is 2. The van der Waals surface area contributed by atoms with Crippen molar-refractivity contribution in [2.24, 2.45) is 0 Å². The summed E-state index contributed by atoms with van der Waals surface area (Å²) in [7, 11) is -4.25. The summed E-state index contributed by atoms with van der Waals surface area (Å²) in [4.78, 5) is 23.8. The number of rotatable bonds is 6. The zero-order chi connectivity index (χ0) is 23.0. The molecule has 31 heavy (non-hydrogen) atoms. The van der Waals surface area contributed by atoms with E-state index in [2.05, 4.69) is 12.6 Å². The van der Waals surface area contributed by atoms with E-state index in [0.29, 0.717) is 5.39 Å². The molecule has 0 aliphatic carbocycles. The molecule has 2 aromatic rings.